The SMILES string of the molecule is CNC(C)c1coc(C2CCNCC2)n1. The number of nitrogens with one attached hydrogen (secondary N) is 2. The quantitative estimate of drug-likeness (QED) is 0.790. The zero-order chi connectivity index (χ0) is 10.7. The Morgan fingerprint density at radius 1 is 1.53 bits per heavy atom. The zero-order valence-corrected chi connectivity index (χ0v) is 9.42. The molecule has 15 heavy (non-hydrogen) atoms. The summed E-state index contributed by atoms with van der Waals surface area (Å²) in [6.45, 7) is 4.23. The summed E-state index contributed by atoms with van der Waals surface area (Å²) in [5.74, 6) is 1.41. The predicted molar refractivity (Wildman–Crippen MR) is 58.8 cm³/mol. The molecule has 0 amide bonds. The van der Waals surface area contributed by atoms with Crippen LogP contribution < -0.4 is 10.6 Å². The van der Waals surface area contributed by atoms with Gasteiger partial charge < -0.3 is 15.1 Å². The van der Waals surface area contributed by atoms with Crippen LogP contribution in [0.25, 0.3) is 0 Å². The lowest BCUT2D eigenvalue weighted by atomic mass is 9.98. The Balaban J connectivity index is 2.05. The lowest BCUT2D eigenvalue weighted by Gasteiger charge is -2.19. The molecule has 4 nitrogen and oxygen atoms in total. The number of hydrogen-bond acceptors (Lipinski definition) is 4. The highest BCUT2D eigenvalue weighted by atomic mass is 16.3. The number of rotatable bonds is 3. The zero-order valence-electron chi connectivity index (χ0n) is 9.42. The van der Waals surface area contributed by atoms with E-state index in [0.29, 0.717) is 5.92 Å². The lowest BCUT2D eigenvalue weighted by Crippen LogP contribution is -2.26. The van der Waals surface area contributed by atoms with Gasteiger partial charge in [-0.1, -0.05) is 0 Å². The first-order valence-corrected chi connectivity index (χ1v) is 5.64. The van der Waals surface area contributed by atoms with Crippen molar-refractivity contribution in [3.8, 4) is 0 Å². The minimum absolute atomic E-state index is 0.268. The fourth-order valence-electron chi connectivity index (χ4n) is 1.90. The van der Waals surface area contributed by atoms with Gasteiger partial charge in [-0.25, -0.2) is 4.98 Å². The van der Waals surface area contributed by atoms with Gasteiger partial charge in [0, 0.05) is 12.0 Å². The monoisotopic (exact) mass is 209 g/mol. The van der Waals surface area contributed by atoms with E-state index in [1.54, 1.807) is 6.26 Å². The Bertz CT molecular complexity index is 305. The van der Waals surface area contributed by atoms with Crippen LogP contribution in [-0.2, 0) is 0 Å². The molecule has 4 heteroatoms. The van der Waals surface area contributed by atoms with Crippen molar-refractivity contribution < 1.29 is 4.42 Å². The third-order valence-electron chi connectivity index (χ3n) is 3.10. The third kappa shape index (κ3) is 2.38. The van der Waals surface area contributed by atoms with Crippen molar-refractivity contribution in [3.05, 3.63) is 17.8 Å². The van der Waals surface area contributed by atoms with E-state index in [1.165, 1.54) is 0 Å². The summed E-state index contributed by atoms with van der Waals surface area (Å²) in [7, 11) is 1.93. The molecule has 1 saturated heterocycles. The fraction of sp³-hybridized carbons (Fsp3) is 0.727. The standard InChI is InChI=1S/C11H19N3O/c1-8(12-2)10-7-15-11(14-10)9-3-5-13-6-4-9/h7-9,12-13H,3-6H2,1-2H3. The molecule has 1 fully saturated rings. The smallest absolute Gasteiger partial charge is 0.197 e. The van der Waals surface area contributed by atoms with E-state index in [2.05, 4.69) is 22.5 Å². The summed E-state index contributed by atoms with van der Waals surface area (Å²) in [5.41, 5.74) is 1.01. The van der Waals surface area contributed by atoms with Gasteiger partial charge >= 0.3 is 0 Å². The maximum atomic E-state index is 5.55. The van der Waals surface area contributed by atoms with E-state index in [0.717, 1.165) is 37.5 Å². The van der Waals surface area contributed by atoms with Crippen molar-refractivity contribution in [1.82, 2.24) is 15.6 Å². The molecular weight excluding hydrogens is 190 g/mol. The Labute approximate surface area is 90.5 Å². The number of nitrogens with zero attached hydrogens (tertiary/aromatic N) is 1. The molecular formula is C11H19N3O. The molecule has 1 aliphatic heterocycles. The van der Waals surface area contributed by atoms with Crippen LogP contribution in [0, 0.1) is 0 Å². The van der Waals surface area contributed by atoms with Crippen molar-refractivity contribution in [1.29, 1.82) is 0 Å². The van der Waals surface area contributed by atoms with Crippen molar-refractivity contribution in [2.45, 2.75) is 31.7 Å². The van der Waals surface area contributed by atoms with E-state index in [4.69, 9.17) is 4.42 Å². The second-order valence-electron chi connectivity index (χ2n) is 4.15. The van der Waals surface area contributed by atoms with E-state index >= 15 is 0 Å². The van der Waals surface area contributed by atoms with Gasteiger partial charge in [-0.3, -0.25) is 0 Å². The number of oxazole rings is 1. The van der Waals surface area contributed by atoms with Crippen LogP contribution in [0.5, 0.6) is 0 Å². The lowest BCUT2D eigenvalue weighted by molar-refractivity contribution is 0.374. The molecule has 0 spiro atoms. The molecule has 1 aromatic heterocycles. The van der Waals surface area contributed by atoms with Crippen LogP contribution >= 0.6 is 0 Å². The normalized spacial score (nSPS) is 20.4. The molecule has 2 heterocycles. The molecule has 0 aromatic carbocycles. The van der Waals surface area contributed by atoms with Gasteiger partial charge in [0.15, 0.2) is 5.89 Å². The van der Waals surface area contributed by atoms with Crippen LogP contribution in [-0.4, -0.2) is 25.1 Å². The maximum Gasteiger partial charge on any atom is 0.197 e. The summed E-state index contributed by atoms with van der Waals surface area (Å²) >= 11 is 0. The van der Waals surface area contributed by atoms with Gasteiger partial charge in [0.1, 0.15) is 6.26 Å². The second kappa shape index (κ2) is 4.77. The van der Waals surface area contributed by atoms with Crippen molar-refractivity contribution in [3.63, 3.8) is 0 Å². The number of hydrogen-bond donors (Lipinski definition) is 2. The van der Waals surface area contributed by atoms with Crippen molar-refractivity contribution in [2.75, 3.05) is 20.1 Å². The summed E-state index contributed by atoms with van der Waals surface area (Å²) < 4.78 is 5.55. The Morgan fingerprint density at radius 2 is 2.27 bits per heavy atom. The van der Waals surface area contributed by atoms with Crippen LogP contribution in [0.15, 0.2) is 10.7 Å². The highest BCUT2D eigenvalue weighted by Crippen LogP contribution is 2.25. The van der Waals surface area contributed by atoms with Crippen LogP contribution in [0.2, 0.25) is 0 Å². The van der Waals surface area contributed by atoms with Gasteiger partial charge in [-0.05, 0) is 39.9 Å². The average Bonchev–Trinajstić information content (AvgIpc) is 2.78. The molecule has 1 aliphatic rings. The van der Waals surface area contributed by atoms with E-state index in [1.807, 2.05) is 7.05 Å². The first-order valence-electron chi connectivity index (χ1n) is 5.64. The molecule has 0 aliphatic carbocycles. The van der Waals surface area contributed by atoms with Gasteiger partial charge in [0.25, 0.3) is 0 Å². The average molecular weight is 209 g/mol. The van der Waals surface area contributed by atoms with Gasteiger partial charge in [-0.2, -0.15) is 0 Å². The Morgan fingerprint density at radius 3 is 2.93 bits per heavy atom. The van der Waals surface area contributed by atoms with E-state index < -0.39 is 0 Å². The maximum absolute atomic E-state index is 5.55. The van der Waals surface area contributed by atoms with Crippen molar-refractivity contribution in [2.24, 2.45) is 0 Å². The van der Waals surface area contributed by atoms with Crippen LogP contribution in [0.4, 0.5) is 0 Å². The predicted octanol–water partition coefficient (Wildman–Crippen LogP) is 1.42. The third-order valence-corrected chi connectivity index (χ3v) is 3.10. The second-order valence-corrected chi connectivity index (χ2v) is 4.15. The first-order chi connectivity index (χ1) is 7.31. The van der Waals surface area contributed by atoms with E-state index in [-0.39, 0.29) is 6.04 Å². The molecule has 2 N–H and O–H groups in total. The Hall–Kier alpha value is -0.870. The number of piperidine rings is 1. The molecule has 1 atom stereocenters. The molecule has 1 unspecified atom stereocenters. The highest BCUT2D eigenvalue weighted by molar-refractivity contribution is 5.05. The van der Waals surface area contributed by atoms with Crippen LogP contribution in [0.3, 0.4) is 0 Å². The summed E-state index contributed by atoms with van der Waals surface area (Å²) in [6.07, 6.45) is 4.04. The minimum Gasteiger partial charge on any atom is -0.448 e. The minimum atomic E-state index is 0.268. The fourth-order valence-corrected chi connectivity index (χ4v) is 1.90. The molecule has 0 bridgehead atoms. The van der Waals surface area contributed by atoms with Gasteiger partial charge in [0.2, 0.25) is 0 Å². The molecule has 84 valence electrons. The number of aromatic nitrogens is 1. The summed E-state index contributed by atoms with van der Waals surface area (Å²) in [6, 6.07) is 0.268. The summed E-state index contributed by atoms with van der Waals surface area (Å²) in [4.78, 5) is 4.55. The first kappa shape index (κ1) is 10.6. The van der Waals surface area contributed by atoms with E-state index in [9.17, 15) is 0 Å². The molecule has 0 saturated carbocycles. The van der Waals surface area contributed by atoms with Crippen LogP contribution in [0.1, 0.15) is 43.3 Å². The molecule has 2 rings (SSSR count). The van der Waals surface area contributed by atoms with Crippen molar-refractivity contribution >= 4 is 0 Å². The molecule has 0 radical (unpaired) electrons. The Kier molecular flexibility index (Phi) is 3.38. The molecule has 1 aromatic rings. The topological polar surface area (TPSA) is 50.1 Å². The largest absolute Gasteiger partial charge is 0.448 e. The highest BCUT2D eigenvalue weighted by Gasteiger charge is 2.20. The van der Waals surface area contributed by atoms with Gasteiger partial charge in [-0.15, -0.1) is 0 Å². The summed E-state index contributed by atoms with van der Waals surface area (Å²) in [5, 5.41) is 6.51. The van der Waals surface area contributed by atoms with Gasteiger partial charge in [0.05, 0.1) is 5.69 Å².